The molecule has 4 nitrogen and oxygen atoms in total. The zero-order valence-electron chi connectivity index (χ0n) is 7.67. The van der Waals surface area contributed by atoms with Gasteiger partial charge in [0.2, 0.25) is 0 Å². The van der Waals surface area contributed by atoms with Crippen LogP contribution in [0.5, 0.6) is 0 Å². The molecule has 0 aromatic heterocycles. The number of allylic oxidation sites excluding steroid dienone is 4. The fraction of sp³-hybridized carbons (Fsp3) is 0.200. The fourth-order valence-corrected chi connectivity index (χ4v) is 1.40. The molecule has 2 aliphatic heterocycles. The van der Waals surface area contributed by atoms with Gasteiger partial charge in [0.15, 0.2) is 0 Å². The number of nitrogens with zero attached hydrogens (tertiary/aromatic N) is 2. The lowest BCUT2D eigenvalue weighted by Crippen LogP contribution is -2.17. The minimum absolute atomic E-state index is 0.500. The molecule has 0 aliphatic carbocycles. The zero-order valence-corrected chi connectivity index (χ0v) is 7.67. The number of hydrogen-bond acceptors (Lipinski definition) is 4. The van der Waals surface area contributed by atoms with E-state index in [0.29, 0.717) is 13.1 Å². The molecule has 0 atom stereocenters. The summed E-state index contributed by atoms with van der Waals surface area (Å²) < 4.78 is 0. The molecule has 0 bridgehead atoms. The highest BCUT2D eigenvalue weighted by Gasteiger charge is 2.07. The van der Waals surface area contributed by atoms with E-state index in [2.05, 4.69) is 0 Å². The van der Waals surface area contributed by atoms with E-state index in [1.54, 1.807) is 12.4 Å². The second-order valence-electron chi connectivity index (χ2n) is 3.19. The molecule has 2 aliphatic rings. The van der Waals surface area contributed by atoms with Gasteiger partial charge in [0.1, 0.15) is 0 Å². The van der Waals surface area contributed by atoms with Gasteiger partial charge in [-0.2, -0.15) is 0 Å². The van der Waals surface area contributed by atoms with Crippen molar-refractivity contribution in [2.24, 2.45) is 0 Å². The zero-order chi connectivity index (χ0) is 9.97. The van der Waals surface area contributed by atoms with Crippen LogP contribution in [0.1, 0.15) is 0 Å². The molecule has 0 saturated carbocycles. The van der Waals surface area contributed by atoms with Crippen LogP contribution in [0, 0.1) is 0 Å². The van der Waals surface area contributed by atoms with E-state index >= 15 is 0 Å². The summed E-state index contributed by atoms with van der Waals surface area (Å²) in [6, 6.07) is 0. The Morgan fingerprint density at radius 1 is 0.857 bits per heavy atom. The smallest absolute Gasteiger partial charge is 0.0636 e. The molecular weight excluding hydrogens is 180 g/mol. The van der Waals surface area contributed by atoms with Crippen molar-refractivity contribution in [1.82, 2.24) is 10.1 Å². The topological polar surface area (TPSA) is 46.9 Å². The molecule has 2 rings (SSSR count). The van der Waals surface area contributed by atoms with Crippen molar-refractivity contribution in [2.75, 3.05) is 13.1 Å². The first-order valence-corrected chi connectivity index (χ1v) is 4.44. The Balaban J connectivity index is 2.11. The maximum atomic E-state index is 9.08. The van der Waals surface area contributed by atoms with Crippen LogP contribution in [0.15, 0.2) is 47.9 Å². The SMILES string of the molecule is ON1C=CC(C2=CCN(O)C=C2)=CC1. The predicted octanol–water partition coefficient (Wildman–Crippen LogP) is 1.28. The molecule has 2 heterocycles. The second-order valence-corrected chi connectivity index (χ2v) is 3.19. The summed E-state index contributed by atoms with van der Waals surface area (Å²) in [5, 5.41) is 20.4. The lowest BCUT2D eigenvalue weighted by molar-refractivity contribution is -0.0315. The van der Waals surface area contributed by atoms with Crippen LogP contribution in [-0.4, -0.2) is 33.6 Å². The standard InChI is InChI=1S/C10H12N2O2/c13-11-5-1-9(2-6-11)10-3-7-12(14)8-4-10/h1-5,7,13-14H,6,8H2. The number of hydrogen-bond donors (Lipinski definition) is 2. The summed E-state index contributed by atoms with van der Waals surface area (Å²) in [7, 11) is 0. The molecule has 0 aromatic carbocycles. The minimum atomic E-state index is 0.500. The van der Waals surface area contributed by atoms with Crippen molar-refractivity contribution >= 4 is 0 Å². The van der Waals surface area contributed by atoms with E-state index in [-0.39, 0.29) is 0 Å². The van der Waals surface area contributed by atoms with Gasteiger partial charge in [-0.25, -0.2) is 0 Å². The van der Waals surface area contributed by atoms with Crippen LogP contribution in [0.25, 0.3) is 0 Å². The normalized spacial score (nSPS) is 21.0. The van der Waals surface area contributed by atoms with Crippen LogP contribution >= 0.6 is 0 Å². The van der Waals surface area contributed by atoms with Crippen molar-refractivity contribution < 1.29 is 10.4 Å². The van der Waals surface area contributed by atoms with E-state index in [9.17, 15) is 0 Å². The van der Waals surface area contributed by atoms with Gasteiger partial charge in [-0.05, 0) is 23.3 Å². The number of hydroxylamine groups is 4. The maximum Gasteiger partial charge on any atom is 0.0636 e. The molecule has 0 unspecified atom stereocenters. The van der Waals surface area contributed by atoms with Crippen LogP contribution in [-0.2, 0) is 0 Å². The Bertz CT molecular complexity index is 308. The first-order chi connectivity index (χ1) is 6.75. The lowest BCUT2D eigenvalue weighted by Gasteiger charge is -2.19. The van der Waals surface area contributed by atoms with Crippen molar-refractivity contribution in [2.45, 2.75) is 0 Å². The van der Waals surface area contributed by atoms with Crippen molar-refractivity contribution in [1.29, 1.82) is 0 Å². The monoisotopic (exact) mass is 192 g/mol. The molecule has 0 spiro atoms. The third-order valence-corrected chi connectivity index (χ3v) is 2.18. The highest BCUT2D eigenvalue weighted by Crippen LogP contribution is 2.19. The Kier molecular flexibility index (Phi) is 2.39. The van der Waals surface area contributed by atoms with Crippen LogP contribution in [0.2, 0.25) is 0 Å². The molecule has 2 N–H and O–H groups in total. The molecule has 0 radical (unpaired) electrons. The number of rotatable bonds is 1. The van der Waals surface area contributed by atoms with E-state index in [1.165, 1.54) is 0 Å². The first kappa shape index (κ1) is 9.05. The Labute approximate surface area is 82.3 Å². The molecule has 0 amide bonds. The molecular formula is C10H12N2O2. The van der Waals surface area contributed by atoms with Gasteiger partial charge in [-0.15, -0.1) is 0 Å². The molecule has 0 aromatic rings. The Morgan fingerprint density at radius 2 is 1.29 bits per heavy atom. The molecule has 0 fully saturated rings. The minimum Gasteiger partial charge on any atom is -0.289 e. The van der Waals surface area contributed by atoms with E-state index < -0.39 is 0 Å². The highest BCUT2D eigenvalue weighted by molar-refractivity contribution is 5.48. The largest absolute Gasteiger partial charge is 0.289 e. The molecule has 14 heavy (non-hydrogen) atoms. The van der Waals surface area contributed by atoms with Crippen molar-refractivity contribution in [3.8, 4) is 0 Å². The maximum absolute atomic E-state index is 9.08. The third kappa shape index (κ3) is 1.86. The predicted molar refractivity (Wildman–Crippen MR) is 51.4 cm³/mol. The summed E-state index contributed by atoms with van der Waals surface area (Å²) in [5.41, 5.74) is 2.14. The summed E-state index contributed by atoms with van der Waals surface area (Å²) in [4.78, 5) is 0. The van der Waals surface area contributed by atoms with Gasteiger partial charge < -0.3 is 0 Å². The highest BCUT2D eigenvalue weighted by atomic mass is 16.5. The van der Waals surface area contributed by atoms with Crippen LogP contribution in [0.4, 0.5) is 0 Å². The van der Waals surface area contributed by atoms with Gasteiger partial charge in [0, 0.05) is 12.4 Å². The first-order valence-electron chi connectivity index (χ1n) is 4.44. The summed E-state index contributed by atoms with van der Waals surface area (Å²) in [6.45, 7) is 1.000. The second kappa shape index (κ2) is 3.69. The van der Waals surface area contributed by atoms with Gasteiger partial charge in [0.25, 0.3) is 0 Å². The van der Waals surface area contributed by atoms with E-state index in [4.69, 9.17) is 10.4 Å². The summed E-state index contributed by atoms with van der Waals surface area (Å²) in [6.07, 6.45) is 10.8. The molecule has 4 heteroatoms. The Hall–Kier alpha value is -1.52. The average molecular weight is 192 g/mol. The summed E-state index contributed by atoms with van der Waals surface area (Å²) in [5.74, 6) is 0. The fourth-order valence-electron chi connectivity index (χ4n) is 1.40. The average Bonchev–Trinajstić information content (AvgIpc) is 2.21. The van der Waals surface area contributed by atoms with Gasteiger partial charge in [-0.1, -0.05) is 12.2 Å². The van der Waals surface area contributed by atoms with Gasteiger partial charge in [-0.3, -0.25) is 20.5 Å². The molecule has 0 saturated heterocycles. The lowest BCUT2D eigenvalue weighted by atomic mass is 10.0. The van der Waals surface area contributed by atoms with Gasteiger partial charge in [0.05, 0.1) is 13.1 Å². The summed E-state index contributed by atoms with van der Waals surface area (Å²) >= 11 is 0. The van der Waals surface area contributed by atoms with Crippen molar-refractivity contribution in [3.05, 3.63) is 47.9 Å². The third-order valence-electron chi connectivity index (χ3n) is 2.18. The van der Waals surface area contributed by atoms with Crippen LogP contribution in [0.3, 0.4) is 0 Å². The quantitative estimate of drug-likeness (QED) is 0.657. The Morgan fingerprint density at radius 3 is 1.57 bits per heavy atom. The van der Waals surface area contributed by atoms with E-state index in [0.717, 1.165) is 21.3 Å². The molecule has 74 valence electrons. The van der Waals surface area contributed by atoms with Gasteiger partial charge >= 0.3 is 0 Å². The van der Waals surface area contributed by atoms with Crippen LogP contribution < -0.4 is 0 Å². The van der Waals surface area contributed by atoms with E-state index in [1.807, 2.05) is 24.3 Å². The van der Waals surface area contributed by atoms with Crippen molar-refractivity contribution in [3.63, 3.8) is 0 Å².